The number of nitrogens with zero attached hydrogens (tertiary/aromatic N) is 6. The van der Waals surface area contributed by atoms with Gasteiger partial charge in [0, 0.05) is 0 Å². The first-order valence-electron chi connectivity index (χ1n) is 4.31. The second-order valence-electron chi connectivity index (χ2n) is 2.71. The van der Waals surface area contributed by atoms with E-state index in [1.165, 1.54) is 24.3 Å². The summed E-state index contributed by atoms with van der Waals surface area (Å²) in [7, 11) is 0. The van der Waals surface area contributed by atoms with Gasteiger partial charge < -0.3 is 0 Å². The molecule has 0 amide bonds. The summed E-state index contributed by atoms with van der Waals surface area (Å²) in [6, 6.07) is 0. The topological polar surface area (TPSA) is 69.4 Å². The lowest BCUT2D eigenvalue weighted by Gasteiger charge is -2.01. The number of halogens is 1. The van der Waals surface area contributed by atoms with Crippen molar-refractivity contribution in [1.29, 1.82) is 0 Å². The maximum absolute atomic E-state index is 5.93. The SMILES string of the molecule is C=CCn1nnnc1Sc1ncncc1Cl. The van der Waals surface area contributed by atoms with E-state index in [1.807, 2.05) is 0 Å². The summed E-state index contributed by atoms with van der Waals surface area (Å²) < 4.78 is 1.61. The Balaban J connectivity index is 2.23. The Morgan fingerprint density at radius 1 is 1.56 bits per heavy atom. The van der Waals surface area contributed by atoms with Gasteiger partial charge in [0.1, 0.15) is 11.4 Å². The van der Waals surface area contributed by atoms with Gasteiger partial charge in [-0.05, 0) is 22.2 Å². The second-order valence-corrected chi connectivity index (χ2v) is 4.07. The molecule has 0 unspecified atom stereocenters. The fourth-order valence-corrected chi connectivity index (χ4v) is 1.91. The molecule has 0 atom stereocenters. The molecule has 8 heteroatoms. The lowest BCUT2D eigenvalue weighted by atomic mass is 10.6. The van der Waals surface area contributed by atoms with Crippen LogP contribution in [-0.4, -0.2) is 30.2 Å². The Kier molecular flexibility index (Phi) is 3.47. The first-order valence-corrected chi connectivity index (χ1v) is 5.51. The Morgan fingerprint density at radius 3 is 3.19 bits per heavy atom. The number of allylic oxidation sites excluding steroid dienone is 1. The molecule has 0 bridgehead atoms. The van der Waals surface area contributed by atoms with Crippen LogP contribution in [0.25, 0.3) is 0 Å². The van der Waals surface area contributed by atoms with Gasteiger partial charge in [-0.1, -0.05) is 17.7 Å². The normalized spacial score (nSPS) is 10.3. The van der Waals surface area contributed by atoms with E-state index < -0.39 is 0 Å². The molecule has 0 aliphatic carbocycles. The van der Waals surface area contributed by atoms with E-state index in [-0.39, 0.29) is 0 Å². The molecule has 2 rings (SSSR count). The van der Waals surface area contributed by atoms with E-state index in [9.17, 15) is 0 Å². The molecular weight excluding hydrogens is 248 g/mol. The molecule has 0 aliphatic rings. The van der Waals surface area contributed by atoms with Gasteiger partial charge in [-0.15, -0.1) is 11.7 Å². The summed E-state index contributed by atoms with van der Waals surface area (Å²) in [5.41, 5.74) is 0. The number of hydrogen-bond acceptors (Lipinski definition) is 6. The quantitative estimate of drug-likeness (QED) is 0.608. The van der Waals surface area contributed by atoms with Crippen molar-refractivity contribution in [3.8, 4) is 0 Å². The zero-order chi connectivity index (χ0) is 11.4. The standard InChI is InChI=1S/C8H7ClN6S/c1-2-3-15-8(12-13-14-15)16-7-6(9)4-10-5-11-7/h2,4-5H,1,3H2. The molecule has 0 aliphatic heterocycles. The van der Waals surface area contributed by atoms with E-state index in [4.69, 9.17) is 11.6 Å². The van der Waals surface area contributed by atoms with Crippen molar-refractivity contribution in [2.24, 2.45) is 0 Å². The third-order valence-electron chi connectivity index (χ3n) is 1.62. The third kappa shape index (κ3) is 2.37. The molecule has 0 spiro atoms. The minimum atomic E-state index is 0.473. The van der Waals surface area contributed by atoms with Crippen molar-refractivity contribution in [3.63, 3.8) is 0 Å². The van der Waals surface area contributed by atoms with E-state index in [2.05, 4.69) is 32.1 Å². The van der Waals surface area contributed by atoms with Gasteiger partial charge >= 0.3 is 0 Å². The van der Waals surface area contributed by atoms with Crippen LogP contribution < -0.4 is 0 Å². The number of tetrazole rings is 1. The lowest BCUT2D eigenvalue weighted by Crippen LogP contribution is -1.99. The summed E-state index contributed by atoms with van der Waals surface area (Å²) in [6.45, 7) is 4.16. The largest absolute Gasteiger partial charge is 0.243 e. The molecule has 0 N–H and O–H groups in total. The smallest absolute Gasteiger partial charge is 0.215 e. The zero-order valence-electron chi connectivity index (χ0n) is 8.12. The Hall–Kier alpha value is -1.47. The predicted octanol–water partition coefficient (Wildman–Crippen LogP) is 1.45. The van der Waals surface area contributed by atoms with Crippen LogP contribution in [0.4, 0.5) is 0 Å². The average molecular weight is 255 g/mol. The van der Waals surface area contributed by atoms with Gasteiger partial charge in [0.25, 0.3) is 0 Å². The van der Waals surface area contributed by atoms with Gasteiger partial charge in [-0.25, -0.2) is 14.6 Å². The van der Waals surface area contributed by atoms with Crippen molar-refractivity contribution >= 4 is 23.4 Å². The number of hydrogen-bond donors (Lipinski definition) is 0. The first-order chi connectivity index (χ1) is 7.81. The Labute approximate surface area is 101 Å². The molecule has 0 fully saturated rings. The minimum absolute atomic E-state index is 0.473. The van der Waals surface area contributed by atoms with Crippen LogP contribution in [0.5, 0.6) is 0 Å². The fourth-order valence-electron chi connectivity index (χ4n) is 0.969. The lowest BCUT2D eigenvalue weighted by molar-refractivity contribution is 0.614. The summed E-state index contributed by atoms with van der Waals surface area (Å²) in [5.74, 6) is 0. The minimum Gasteiger partial charge on any atom is -0.243 e. The monoisotopic (exact) mass is 254 g/mol. The highest BCUT2D eigenvalue weighted by molar-refractivity contribution is 7.99. The summed E-state index contributed by atoms with van der Waals surface area (Å²) >= 11 is 7.21. The van der Waals surface area contributed by atoms with Crippen LogP contribution in [0.15, 0.2) is 35.4 Å². The summed E-state index contributed by atoms with van der Waals surface area (Å²) in [5, 5.41) is 13.0. The van der Waals surface area contributed by atoms with Crippen LogP contribution in [0.3, 0.4) is 0 Å². The van der Waals surface area contributed by atoms with Crippen LogP contribution in [0, 0.1) is 0 Å². The van der Waals surface area contributed by atoms with Gasteiger partial charge in [-0.3, -0.25) is 0 Å². The first kappa shape index (κ1) is 11.0. The van der Waals surface area contributed by atoms with Gasteiger partial charge in [0.05, 0.1) is 17.8 Å². The maximum Gasteiger partial charge on any atom is 0.215 e. The molecule has 0 aromatic carbocycles. The molecule has 0 radical (unpaired) electrons. The Bertz CT molecular complexity index is 499. The van der Waals surface area contributed by atoms with Crippen LogP contribution in [0.1, 0.15) is 0 Å². The maximum atomic E-state index is 5.93. The van der Waals surface area contributed by atoms with Crippen molar-refractivity contribution in [2.45, 2.75) is 16.7 Å². The van der Waals surface area contributed by atoms with E-state index >= 15 is 0 Å². The molecule has 16 heavy (non-hydrogen) atoms. The predicted molar refractivity (Wildman–Crippen MR) is 59.2 cm³/mol. The van der Waals surface area contributed by atoms with Crippen molar-refractivity contribution in [1.82, 2.24) is 30.2 Å². The molecule has 0 saturated carbocycles. The molecule has 0 saturated heterocycles. The highest BCUT2D eigenvalue weighted by atomic mass is 35.5. The van der Waals surface area contributed by atoms with Gasteiger partial charge in [0.15, 0.2) is 0 Å². The Morgan fingerprint density at radius 2 is 2.44 bits per heavy atom. The van der Waals surface area contributed by atoms with Crippen molar-refractivity contribution in [2.75, 3.05) is 0 Å². The fraction of sp³-hybridized carbons (Fsp3) is 0.125. The number of rotatable bonds is 4. The van der Waals surface area contributed by atoms with E-state index in [1.54, 1.807) is 10.8 Å². The van der Waals surface area contributed by atoms with Crippen LogP contribution in [-0.2, 0) is 6.54 Å². The van der Waals surface area contributed by atoms with Crippen LogP contribution in [0.2, 0.25) is 5.02 Å². The second kappa shape index (κ2) is 5.04. The van der Waals surface area contributed by atoms with Crippen molar-refractivity contribution < 1.29 is 0 Å². The zero-order valence-corrected chi connectivity index (χ0v) is 9.69. The molecule has 2 aromatic rings. The molecule has 2 heterocycles. The summed E-state index contributed by atoms with van der Waals surface area (Å²) in [4.78, 5) is 7.84. The average Bonchev–Trinajstić information content (AvgIpc) is 2.70. The van der Waals surface area contributed by atoms with Gasteiger partial charge in [-0.2, -0.15) is 0 Å². The number of aromatic nitrogens is 6. The van der Waals surface area contributed by atoms with E-state index in [0.29, 0.717) is 21.7 Å². The molecule has 2 aromatic heterocycles. The molecule has 82 valence electrons. The van der Waals surface area contributed by atoms with Gasteiger partial charge in [0.2, 0.25) is 5.16 Å². The highest BCUT2D eigenvalue weighted by Gasteiger charge is 2.10. The van der Waals surface area contributed by atoms with Crippen molar-refractivity contribution in [3.05, 3.63) is 30.2 Å². The third-order valence-corrected chi connectivity index (χ3v) is 3.01. The summed E-state index contributed by atoms with van der Waals surface area (Å²) in [6.07, 6.45) is 4.66. The molecule has 6 nitrogen and oxygen atoms in total. The highest BCUT2D eigenvalue weighted by Crippen LogP contribution is 2.28. The van der Waals surface area contributed by atoms with E-state index in [0.717, 1.165) is 0 Å². The van der Waals surface area contributed by atoms with Crippen LogP contribution >= 0.6 is 23.4 Å². The molecular formula is C8H7ClN6S.